The molecule has 1 heterocycles. The van der Waals surface area contributed by atoms with Gasteiger partial charge >= 0.3 is 0 Å². The number of nitrogens with two attached hydrogens (primary N) is 1. The molecule has 5 nitrogen and oxygen atoms in total. The number of amides is 1. The topological polar surface area (TPSA) is 72.1 Å². The molecule has 17 heavy (non-hydrogen) atoms. The highest BCUT2D eigenvalue weighted by Gasteiger charge is 2.21. The van der Waals surface area contributed by atoms with Crippen LogP contribution in [0.25, 0.3) is 0 Å². The number of thiocarbonyl (C=S) groups is 1. The summed E-state index contributed by atoms with van der Waals surface area (Å²) in [6, 6.07) is 0. The van der Waals surface area contributed by atoms with Crippen molar-refractivity contribution in [3.8, 4) is 0 Å². The summed E-state index contributed by atoms with van der Waals surface area (Å²) in [5, 5.41) is 3.84. The van der Waals surface area contributed by atoms with Crippen LogP contribution in [0.4, 0.5) is 0 Å². The van der Waals surface area contributed by atoms with Crippen molar-refractivity contribution in [1.82, 2.24) is 14.5 Å². The lowest BCUT2D eigenvalue weighted by atomic mass is 10.1. The molecule has 1 aromatic heterocycles. The normalized spacial score (nSPS) is 12.2. The SMILES string of the molecule is CCN(CC(C)C(N)=S)C(=O)c1snnc1C. The van der Waals surface area contributed by atoms with Gasteiger partial charge in [-0.25, -0.2) is 0 Å². The number of hydrogen-bond acceptors (Lipinski definition) is 5. The van der Waals surface area contributed by atoms with Crippen LogP contribution < -0.4 is 5.73 Å². The Kier molecular flexibility index (Phi) is 4.95. The monoisotopic (exact) mass is 272 g/mol. The van der Waals surface area contributed by atoms with Gasteiger partial charge < -0.3 is 10.6 Å². The summed E-state index contributed by atoms with van der Waals surface area (Å²) in [5.41, 5.74) is 6.23. The Hall–Kier alpha value is -1.08. The molecule has 1 aromatic rings. The first-order valence-electron chi connectivity index (χ1n) is 5.34. The van der Waals surface area contributed by atoms with E-state index in [-0.39, 0.29) is 11.8 Å². The first-order chi connectivity index (χ1) is 7.97. The molecule has 0 bridgehead atoms. The van der Waals surface area contributed by atoms with Crippen LogP contribution in [-0.4, -0.2) is 38.5 Å². The van der Waals surface area contributed by atoms with Gasteiger partial charge in [-0.1, -0.05) is 23.6 Å². The molecule has 0 aromatic carbocycles. The maximum atomic E-state index is 12.2. The third kappa shape index (κ3) is 3.44. The summed E-state index contributed by atoms with van der Waals surface area (Å²) < 4.78 is 3.77. The van der Waals surface area contributed by atoms with Crippen molar-refractivity contribution >= 4 is 34.6 Å². The minimum Gasteiger partial charge on any atom is -0.393 e. The van der Waals surface area contributed by atoms with Gasteiger partial charge in [0.1, 0.15) is 4.88 Å². The second kappa shape index (κ2) is 6.02. The van der Waals surface area contributed by atoms with Crippen LogP contribution >= 0.6 is 23.8 Å². The van der Waals surface area contributed by atoms with Crippen LogP contribution in [0.3, 0.4) is 0 Å². The predicted octanol–water partition coefficient (Wildman–Crippen LogP) is 1.23. The Labute approximate surface area is 110 Å². The Morgan fingerprint density at radius 2 is 2.29 bits per heavy atom. The van der Waals surface area contributed by atoms with Gasteiger partial charge in [0.2, 0.25) is 0 Å². The number of carbonyl (C=O) groups is 1. The van der Waals surface area contributed by atoms with Gasteiger partial charge in [0, 0.05) is 19.0 Å². The molecule has 1 amide bonds. The number of carbonyl (C=O) groups excluding carboxylic acids is 1. The van der Waals surface area contributed by atoms with Crippen molar-refractivity contribution in [2.45, 2.75) is 20.8 Å². The van der Waals surface area contributed by atoms with Crippen molar-refractivity contribution < 1.29 is 4.79 Å². The molecule has 0 spiro atoms. The minimum absolute atomic E-state index is 0.00934. The van der Waals surface area contributed by atoms with Crippen molar-refractivity contribution in [1.29, 1.82) is 0 Å². The van der Waals surface area contributed by atoms with E-state index in [1.165, 1.54) is 0 Å². The molecule has 94 valence electrons. The second-order valence-electron chi connectivity index (χ2n) is 3.83. The van der Waals surface area contributed by atoms with E-state index >= 15 is 0 Å². The molecule has 0 aliphatic carbocycles. The Morgan fingerprint density at radius 3 is 2.71 bits per heavy atom. The summed E-state index contributed by atoms with van der Waals surface area (Å²) in [6.45, 7) is 6.76. The van der Waals surface area contributed by atoms with E-state index in [0.29, 0.717) is 28.6 Å². The quantitative estimate of drug-likeness (QED) is 0.816. The van der Waals surface area contributed by atoms with E-state index in [2.05, 4.69) is 9.59 Å². The van der Waals surface area contributed by atoms with Gasteiger partial charge in [-0.15, -0.1) is 5.10 Å². The third-order valence-corrected chi connectivity index (χ3v) is 3.71. The van der Waals surface area contributed by atoms with Crippen LogP contribution in [0.1, 0.15) is 29.2 Å². The number of rotatable bonds is 5. The molecule has 1 rings (SSSR count). The second-order valence-corrected chi connectivity index (χ2v) is 5.06. The number of hydrogen-bond donors (Lipinski definition) is 1. The number of aryl methyl sites for hydroxylation is 1. The average Bonchev–Trinajstić information content (AvgIpc) is 2.70. The zero-order valence-corrected chi connectivity index (χ0v) is 11.8. The standard InChI is InChI=1S/C10H16N4OS2/c1-4-14(5-6(2)9(11)16)10(15)8-7(3)12-13-17-8/h6H,4-5H2,1-3H3,(H2,11,16). The lowest BCUT2D eigenvalue weighted by molar-refractivity contribution is 0.0759. The van der Waals surface area contributed by atoms with Crippen molar-refractivity contribution in [2.75, 3.05) is 13.1 Å². The highest BCUT2D eigenvalue weighted by Crippen LogP contribution is 2.14. The zero-order valence-electron chi connectivity index (χ0n) is 10.1. The zero-order chi connectivity index (χ0) is 13.0. The Bertz CT molecular complexity index is 418. The van der Waals surface area contributed by atoms with Gasteiger partial charge in [-0.2, -0.15) is 0 Å². The lowest BCUT2D eigenvalue weighted by Gasteiger charge is -2.23. The molecule has 0 aliphatic heterocycles. The van der Waals surface area contributed by atoms with Crippen LogP contribution in [0.2, 0.25) is 0 Å². The van der Waals surface area contributed by atoms with Crippen molar-refractivity contribution in [3.05, 3.63) is 10.6 Å². The van der Waals surface area contributed by atoms with E-state index in [1.807, 2.05) is 13.8 Å². The van der Waals surface area contributed by atoms with E-state index in [1.54, 1.807) is 11.8 Å². The summed E-state index contributed by atoms with van der Waals surface area (Å²) in [4.78, 5) is 14.9. The van der Waals surface area contributed by atoms with Gasteiger partial charge in [0.05, 0.1) is 10.7 Å². The molecule has 0 fully saturated rings. The molecule has 2 N–H and O–H groups in total. The maximum Gasteiger partial charge on any atom is 0.267 e. The summed E-state index contributed by atoms with van der Waals surface area (Å²) >= 11 is 6.04. The van der Waals surface area contributed by atoms with Gasteiger partial charge in [0.25, 0.3) is 5.91 Å². The highest BCUT2D eigenvalue weighted by molar-refractivity contribution is 7.80. The van der Waals surface area contributed by atoms with Crippen LogP contribution in [0, 0.1) is 12.8 Å². The van der Waals surface area contributed by atoms with Gasteiger partial charge in [0.15, 0.2) is 0 Å². The van der Waals surface area contributed by atoms with Crippen molar-refractivity contribution in [2.24, 2.45) is 11.7 Å². The fourth-order valence-corrected chi connectivity index (χ4v) is 2.05. The van der Waals surface area contributed by atoms with Gasteiger partial charge in [-0.3, -0.25) is 4.79 Å². The van der Waals surface area contributed by atoms with E-state index < -0.39 is 0 Å². The van der Waals surface area contributed by atoms with E-state index in [4.69, 9.17) is 18.0 Å². The molecule has 7 heteroatoms. The summed E-state index contributed by atoms with van der Waals surface area (Å²) in [6.07, 6.45) is 0. The fourth-order valence-electron chi connectivity index (χ4n) is 1.35. The predicted molar refractivity (Wildman–Crippen MR) is 72.2 cm³/mol. The average molecular weight is 272 g/mol. The lowest BCUT2D eigenvalue weighted by Crippen LogP contribution is -2.38. The first-order valence-corrected chi connectivity index (χ1v) is 6.53. The van der Waals surface area contributed by atoms with E-state index in [0.717, 1.165) is 11.5 Å². The first kappa shape index (κ1) is 14.0. The smallest absolute Gasteiger partial charge is 0.267 e. The molecule has 1 unspecified atom stereocenters. The molecular weight excluding hydrogens is 256 g/mol. The molecule has 0 saturated heterocycles. The Balaban J connectivity index is 2.78. The molecule has 0 saturated carbocycles. The van der Waals surface area contributed by atoms with Gasteiger partial charge in [-0.05, 0) is 25.4 Å². The summed E-state index contributed by atoms with van der Waals surface area (Å²) in [7, 11) is 0. The Morgan fingerprint density at radius 1 is 1.65 bits per heavy atom. The minimum atomic E-state index is -0.0527. The molecular formula is C10H16N4OS2. The maximum absolute atomic E-state index is 12.2. The van der Waals surface area contributed by atoms with Crippen LogP contribution in [-0.2, 0) is 0 Å². The molecule has 1 atom stereocenters. The fraction of sp³-hybridized carbons (Fsp3) is 0.600. The van der Waals surface area contributed by atoms with Crippen molar-refractivity contribution in [3.63, 3.8) is 0 Å². The van der Waals surface area contributed by atoms with Crippen LogP contribution in [0.5, 0.6) is 0 Å². The van der Waals surface area contributed by atoms with E-state index in [9.17, 15) is 4.79 Å². The number of nitrogens with zero attached hydrogens (tertiary/aromatic N) is 3. The third-order valence-electron chi connectivity index (χ3n) is 2.49. The van der Waals surface area contributed by atoms with Crippen LogP contribution in [0.15, 0.2) is 0 Å². The number of aromatic nitrogens is 2. The summed E-state index contributed by atoms with van der Waals surface area (Å²) in [5.74, 6) is -0.0433. The molecule has 0 aliphatic rings. The molecule has 0 radical (unpaired) electrons. The largest absolute Gasteiger partial charge is 0.393 e. The highest BCUT2D eigenvalue weighted by atomic mass is 32.1.